The number of aromatic nitrogens is 2. The van der Waals surface area contributed by atoms with Crippen molar-refractivity contribution < 1.29 is 0 Å². The molecule has 0 atom stereocenters. The Balaban J connectivity index is 1.98. The van der Waals surface area contributed by atoms with E-state index in [-0.39, 0.29) is 0 Å². The molecule has 0 unspecified atom stereocenters. The van der Waals surface area contributed by atoms with Crippen LogP contribution in [-0.2, 0) is 6.54 Å². The highest BCUT2D eigenvalue weighted by Gasteiger charge is 2.23. The van der Waals surface area contributed by atoms with Gasteiger partial charge in [0.05, 0.1) is 5.69 Å². The predicted molar refractivity (Wildman–Crippen MR) is 83.2 cm³/mol. The van der Waals surface area contributed by atoms with Crippen LogP contribution in [0, 0.1) is 0 Å². The topological polar surface area (TPSA) is 32.6 Å². The van der Waals surface area contributed by atoms with Gasteiger partial charge in [0.2, 0.25) is 0 Å². The van der Waals surface area contributed by atoms with Crippen molar-refractivity contribution in [3.8, 4) is 0 Å². The Morgan fingerprint density at radius 3 is 2.85 bits per heavy atom. The maximum absolute atomic E-state index is 4.86. The highest BCUT2D eigenvalue weighted by atomic mass is 15.2. The molecule has 4 heteroatoms. The van der Waals surface area contributed by atoms with Gasteiger partial charge < -0.3 is 14.6 Å². The molecule has 0 aliphatic heterocycles. The van der Waals surface area contributed by atoms with Crippen LogP contribution in [0.3, 0.4) is 0 Å². The van der Waals surface area contributed by atoms with E-state index >= 15 is 0 Å². The summed E-state index contributed by atoms with van der Waals surface area (Å²) in [6.45, 7) is 0.845. The average molecular weight is 272 g/mol. The molecule has 4 nitrogen and oxygen atoms in total. The average Bonchev–Trinajstić information content (AvgIpc) is 2.87. The van der Waals surface area contributed by atoms with E-state index in [0.717, 1.165) is 18.0 Å². The molecule has 0 radical (unpaired) electrons. The molecule has 0 saturated heterocycles. The fourth-order valence-electron chi connectivity index (χ4n) is 3.29. The number of hydrogen-bond acceptors (Lipinski definition) is 3. The Morgan fingerprint density at radius 2 is 2.10 bits per heavy atom. The van der Waals surface area contributed by atoms with E-state index in [0.29, 0.717) is 6.04 Å². The lowest BCUT2D eigenvalue weighted by atomic mass is 9.94. The first-order chi connectivity index (χ1) is 9.81. The normalized spacial score (nSPS) is 16.7. The molecule has 0 amide bonds. The van der Waals surface area contributed by atoms with Gasteiger partial charge in [0.25, 0.3) is 0 Å². The van der Waals surface area contributed by atoms with Gasteiger partial charge in [-0.2, -0.15) is 0 Å². The van der Waals surface area contributed by atoms with Crippen molar-refractivity contribution >= 4 is 11.5 Å². The molecular formula is C16H24N4. The Kier molecular flexibility index (Phi) is 3.92. The summed E-state index contributed by atoms with van der Waals surface area (Å²) < 4.78 is 2.20. The Labute approximate surface area is 120 Å². The monoisotopic (exact) mass is 272 g/mol. The van der Waals surface area contributed by atoms with Crippen LogP contribution in [0.15, 0.2) is 24.4 Å². The summed E-state index contributed by atoms with van der Waals surface area (Å²) in [6.07, 6.45) is 8.78. The Hall–Kier alpha value is -1.55. The van der Waals surface area contributed by atoms with Crippen molar-refractivity contribution in [2.45, 2.75) is 44.7 Å². The van der Waals surface area contributed by atoms with E-state index in [4.69, 9.17) is 4.98 Å². The van der Waals surface area contributed by atoms with Gasteiger partial charge in [-0.25, -0.2) is 4.98 Å². The number of imidazole rings is 1. The van der Waals surface area contributed by atoms with Gasteiger partial charge in [-0.15, -0.1) is 0 Å². The SMILES string of the molecule is CNCc1c(N(C)C2CCCCC2)nc2ccccn12. The van der Waals surface area contributed by atoms with Gasteiger partial charge in [-0.1, -0.05) is 25.3 Å². The second kappa shape index (κ2) is 5.83. The molecule has 2 heterocycles. The fourth-order valence-corrected chi connectivity index (χ4v) is 3.29. The van der Waals surface area contributed by atoms with E-state index in [1.54, 1.807) is 0 Å². The standard InChI is InChI=1S/C16H24N4/c1-17-12-14-16(18-15-10-6-7-11-20(14)15)19(2)13-8-4-3-5-9-13/h6-7,10-11,13,17H,3-5,8-9,12H2,1-2H3. The Bertz CT molecular complexity index is 569. The molecule has 1 aliphatic rings. The van der Waals surface area contributed by atoms with Crippen molar-refractivity contribution in [3.05, 3.63) is 30.1 Å². The van der Waals surface area contributed by atoms with Gasteiger partial charge in [0.15, 0.2) is 5.82 Å². The highest BCUT2D eigenvalue weighted by molar-refractivity contribution is 5.56. The summed E-state index contributed by atoms with van der Waals surface area (Å²) >= 11 is 0. The first-order valence-corrected chi connectivity index (χ1v) is 7.64. The number of anilines is 1. The third-order valence-corrected chi connectivity index (χ3v) is 4.41. The lowest BCUT2D eigenvalue weighted by Crippen LogP contribution is -2.34. The molecule has 108 valence electrons. The van der Waals surface area contributed by atoms with Crippen LogP contribution in [0.5, 0.6) is 0 Å². The summed E-state index contributed by atoms with van der Waals surface area (Å²) in [6, 6.07) is 6.84. The van der Waals surface area contributed by atoms with E-state index in [9.17, 15) is 0 Å². The molecule has 1 saturated carbocycles. The lowest BCUT2D eigenvalue weighted by molar-refractivity contribution is 0.425. The molecule has 2 aromatic rings. The molecule has 20 heavy (non-hydrogen) atoms. The van der Waals surface area contributed by atoms with Crippen molar-refractivity contribution in [1.82, 2.24) is 14.7 Å². The van der Waals surface area contributed by atoms with E-state index < -0.39 is 0 Å². The van der Waals surface area contributed by atoms with Gasteiger partial charge >= 0.3 is 0 Å². The first-order valence-electron chi connectivity index (χ1n) is 7.64. The fraction of sp³-hybridized carbons (Fsp3) is 0.562. The van der Waals surface area contributed by atoms with Gasteiger partial charge in [-0.3, -0.25) is 0 Å². The molecular weight excluding hydrogens is 248 g/mol. The minimum absolute atomic E-state index is 0.643. The number of rotatable bonds is 4. The summed E-state index contributed by atoms with van der Waals surface area (Å²) in [5.41, 5.74) is 2.30. The first kappa shape index (κ1) is 13.4. The lowest BCUT2D eigenvalue weighted by Gasteiger charge is -2.32. The van der Waals surface area contributed by atoms with Crippen LogP contribution >= 0.6 is 0 Å². The molecule has 2 aromatic heterocycles. The number of nitrogens with one attached hydrogen (secondary N) is 1. The molecule has 3 rings (SSSR count). The van der Waals surface area contributed by atoms with Gasteiger partial charge in [0.1, 0.15) is 5.65 Å². The van der Waals surface area contributed by atoms with E-state index in [2.05, 4.69) is 46.1 Å². The van der Waals surface area contributed by atoms with Crippen molar-refractivity contribution in [1.29, 1.82) is 0 Å². The number of pyridine rings is 1. The zero-order valence-corrected chi connectivity index (χ0v) is 12.5. The van der Waals surface area contributed by atoms with E-state index in [1.165, 1.54) is 37.8 Å². The van der Waals surface area contributed by atoms with Crippen LogP contribution < -0.4 is 10.2 Å². The number of nitrogens with zero attached hydrogens (tertiary/aromatic N) is 3. The Morgan fingerprint density at radius 1 is 1.30 bits per heavy atom. The van der Waals surface area contributed by atoms with Crippen molar-refractivity contribution in [3.63, 3.8) is 0 Å². The molecule has 1 aliphatic carbocycles. The molecule has 0 spiro atoms. The highest BCUT2D eigenvalue weighted by Crippen LogP contribution is 2.28. The number of hydrogen-bond donors (Lipinski definition) is 1. The van der Waals surface area contributed by atoms with Crippen molar-refractivity contribution in [2.24, 2.45) is 0 Å². The molecule has 0 bridgehead atoms. The zero-order chi connectivity index (χ0) is 13.9. The minimum Gasteiger partial charge on any atom is -0.355 e. The third kappa shape index (κ3) is 2.40. The maximum atomic E-state index is 4.86. The van der Waals surface area contributed by atoms with Gasteiger partial charge in [0, 0.05) is 25.8 Å². The van der Waals surface area contributed by atoms with Crippen LogP contribution in [0.25, 0.3) is 5.65 Å². The van der Waals surface area contributed by atoms with Crippen LogP contribution in [-0.4, -0.2) is 29.5 Å². The number of fused-ring (bicyclic) bond motifs is 1. The largest absolute Gasteiger partial charge is 0.355 e. The smallest absolute Gasteiger partial charge is 0.152 e. The summed E-state index contributed by atoms with van der Waals surface area (Å²) in [7, 11) is 4.20. The molecule has 0 aromatic carbocycles. The second-order valence-electron chi connectivity index (χ2n) is 5.74. The quantitative estimate of drug-likeness (QED) is 0.929. The third-order valence-electron chi connectivity index (χ3n) is 4.41. The van der Waals surface area contributed by atoms with Gasteiger partial charge in [-0.05, 0) is 32.0 Å². The van der Waals surface area contributed by atoms with Crippen LogP contribution in [0.2, 0.25) is 0 Å². The molecule has 1 fully saturated rings. The van der Waals surface area contributed by atoms with E-state index in [1.807, 2.05) is 7.05 Å². The summed E-state index contributed by atoms with van der Waals surface area (Å²) in [4.78, 5) is 7.26. The van der Waals surface area contributed by atoms with Crippen LogP contribution in [0.1, 0.15) is 37.8 Å². The molecule has 1 N–H and O–H groups in total. The second-order valence-corrected chi connectivity index (χ2v) is 5.74. The summed E-state index contributed by atoms with van der Waals surface area (Å²) in [5.74, 6) is 1.14. The van der Waals surface area contributed by atoms with Crippen molar-refractivity contribution in [2.75, 3.05) is 19.0 Å². The maximum Gasteiger partial charge on any atom is 0.152 e. The summed E-state index contributed by atoms with van der Waals surface area (Å²) in [5, 5.41) is 3.27. The minimum atomic E-state index is 0.643. The van der Waals surface area contributed by atoms with Crippen LogP contribution in [0.4, 0.5) is 5.82 Å². The zero-order valence-electron chi connectivity index (χ0n) is 12.5. The predicted octanol–water partition coefficient (Wildman–Crippen LogP) is 2.82.